The standard InChI is InChI=1S/C15H17N5/c1-16-13(9-15-17-7-8-20(15)2)14-10-18-11-5-3-4-6-12(11)19-14/h3-8,10,13,16H,9H2,1-2H3. The van der Waals surface area contributed by atoms with Crippen molar-refractivity contribution in [3.63, 3.8) is 0 Å². The van der Waals surface area contributed by atoms with Crippen LogP contribution in [0.15, 0.2) is 42.9 Å². The van der Waals surface area contributed by atoms with Crippen LogP contribution in [0.4, 0.5) is 0 Å². The molecule has 0 aliphatic rings. The molecule has 0 aliphatic carbocycles. The summed E-state index contributed by atoms with van der Waals surface area (Å²) >= 11 is 0. The minimum Gasteiger partial charge on any atom is -0.338 e. The van der Waals surface area contributed by atoms with E-state index in [1.807, 2.05) is 61.5 Å². The Bertz CT molecular complexity index is 719. The average Bonchev–Trinajstić information content (AvgIpc) is 2.89. The van der Waals surface area contributed by atoms with Crippen LogP contribution in [0.5, 0.6) is 0 Å². The van der Waals surface area contributed by atoms with Gasteiger partial charge < -0.3 is 9.88 Å². The molecule has 102 valence electrons. The molecule has 2 aromatic heterocycles. The third-order valence-corrected chi connectivity index (χ3v) is 3.48. The normalized spacial score (nSPS) is 12.7. The summed E-state index contributed by atoms with van der Waals surface area (Å²) in [5, 5.41) is 3.29. The highest BCUT2D eigenvalue weighted by atomic mass is 15.0. The summed E-state index contributed by atoms with van der Waals surface area (Å²) in [5.74, 6) is 1.03. The Kier molecular flexibility index (Phi) is 3.43. The summed E-state index contributed by atoms with van der Waals surface area (Å²) in [4.78, 5) is 13.5. The van der Waals surface area contributed by atoms with Crippen molar-refractivity contribution in [3.05, 3.63) is 54.4 Å². The number of nitrogens with zero attached hydrogens (tertiary/aromatic N) is 4. The third kappa shape index (κ3) is 2.40. The van der Waals surface area contributed by atoms with Crippen molar-refractivity contribution < 1.29 is 0 Å². The van der Waals surface area contributed by atoms with Crippen molar-refractivity contribution >= 4 is 11.0 Å². The average molecular weight is 267 g/mol. The smallest absolute Gasteiger partial charge is 0.110 e. The molecule has 0 bridgehead atoms. The van der Waals surface area contributed by atoms with Crippen LogP contribution in [0.25, 0.3) is 11.0 Å². The fourth-order valence-corrected chi connectivity index (χ4v) is 2.27. The van der Waals surface area contributed by atoms with Crippen LogP contribution in [0, 0.1) is 0 Å². The van der Waals surface area contributed by atoms with Crippen molar-refractivity contribution in [1.29, 1.82) is 0 Å². The summed E-state index contributed by atoms with van der Waals surface area (Å²) in [6.07, 6.45) is 6.39. The van der Waals surface area contributed by atoms with E-state index in [-0.39, 0.29) is 6.04 Å². The van der Waals surface area contributed by atoms with Gasteiger partial charge in [-0.3, -0.25) is 4.98 Å². The second-order valence-electron chi connectivity index (χ2n) is 4.78. The van der Waals surface area contributed by atoms with E-state index in [1.165, 1.54) is 0 Å². The number of likely N-dealkylation sites (N-methyl/N-ethyl adjacent to an activating group) is 1. The molecule has 1 N–H and O–H groups in total. The van der Waals surface area contributed by atoms with Crippen LogP contribution in [-0.4, -0.2) is 26.6 Å². The molecular weight excluding hydrogens is 250 g/mol. The minimum absolute atomic E-state index is 0.105. The molecule has 1 unspecified atom stereocenters. The molecule has 20 heavy (non-hydrogen) atoms. The Hall–Kier alpha value is -2.27. The number of para-hydroxylation sites is 2. The van der Waals surface area contributed by atoms with Crippen LogP contribution >= 0.6 is 0 Å². The van der Waals surface area contributed by atoms with Gasteiger partial charge in [0.15, 0.2) is 0 Å². The topological polar surface area (TPSA) is 55.6 Å². The molecule has 0 spiro atoms. The zero-order valence-corrected chi connectivity index (χ0v) is 11.6. The number of nitrogens with one attached hydrogen (secondary N) is 1. The highest BCUT2D eigenvalue weighted by molar-refractivity contribution is 5.73. The molecule has 3 rings (SSSR count). The molecule has 3 aromatic rings. The predicted molar refractivity (Wildman–Crippen MR) is 78.3 cm³/mol. The zero-order valence-electron chi connectivity index (χ0n) is 11.6. The number of aryl methyl sites for hydroxylation is 1. The van der Waals surface area contributed by atoms with Gasteiger partial charge in [0.25, 0.3) is 0 Å². The van der Waals surface area contributed by atoms with E-state index in [0.29, 0.717) is 0 Å². The molecule has 0 fully saturated rings. The number of fused-ring (bicyclic) bond motifs is 1. The Labute approximate surface area is 117 Å². The van der Waals surface area contributed by atoms with Crippen LogP contribution < -0.4 is 5.32 Å². The molecule has 5 nitrogen and oxygen atoms in total. The SMILES string of the molecule is CNC(Cc1nccn1C)c1cnc2ccccc2n1. The Morgan fingerprint density at radius 3 is 2.70 bits per heavy atom. The number of rotatable bonds is 4. The summed E-state index contributed by atoms with van der Waals surface area (Å²) in [6.45, 7) is 0. The van der Waals surface area contributed by atoms with Gasteiger partial charge in [0.2, 0.25) is 0 Å². The first-order chi connectivity index (χ1) is 9.78. The van der Waals surface area contributed by atoms with E-state index in [4.69, 9.17) is 4.98 Å². The van der Waals surface area contributed by atoms with Gasteiger partial charge in [-0.15, -0.1) is 0 Å². The van der Waals surface area contributed by atoms with Crippen molar-refractivity contribution in [2.75, 3.05) is 7.05 Å². The lowest BCUT2D eigenvalue weighted by molar-refractivity contribution is 0.550. The van der Waals surface area contributed by atoms with Crippen LogP contribution in [0.1, 0.15) is 17.6 Å². The van der Waals surface area contributed by atoms with Crippen molar-refractivity contribution in [2.45, 2.75) is 12.5 Å². The summed E-state index contributed by atoms with van der Waals surface area (Å²) < 4.78 is 2.03. The van der Waals surface area contributed by atoms with E-state index >= 15 is 0 Å². The predicted octanol–water partition coefficient (Wildman–Crippen LogP) is 1.87. The van der Waals surface area contributed by atoms with Crippen LogP contribution in [0.3, 0.4) is 0 Å². The maximum atomic E-state index is 4.69. The number of imidazole rings is 1. The Balaban J connectivity index is 1.92. The molecule has 1 atom stereocenters. The molecular formula is C15H17N5. The lowest BCUT2D eigenvalue weighted by Gasteiger charge is -2.15. The highest BCUT2D eigenvalue weighted by Crippen LogP contribution is 2.17. The first-order valence-corrected chi connectivity index (χ1v) is 6.63. The quantitative estimate of drug-likeness (QED) is 0.784. The third-order valence-electron chi connectivity index (χ3n) is 3.48. The number of hydrogen-bond donors (Lipinski definition) is 1. The second kappa shape index (κ2) is 5.38. The largest absolute Gasteiger partial charge is 0.338 e. The highest BCUT2D eigenvalue weighted by Gasteiger charge is 2.15. The fraction of sp³-hybridized carbons (Fsp3) is 0.267. The molecule has 2 heterocycles. The molecule has 0 amide bonds. The molecule has 0 saturated heterocycles. The van der Waals surface area contributed by atoms with Crippen molar-refractivity contribution in [3.8, 4) is 0 Å². The first kappa shape index (κ1) is 12.7. The van der Waals surface area contributed by atoms with Gasteiger partial charge in [0, 0.05) is 25.9 Å². The maximum Gasteiger partial charge on any atom is 0.110 e. The molecule has 0 saturated carbocycles. The van der Waals surface area contributed by atoms with E-state index in [1.54, 1.807) is 0 Å². The van der Waals surface area contributed by atoms with Gasteiger partial charge in [0.1, 0.15) is 5.82 Å². The van der Waals surface area contributed by atoms with E-state index in [2.05, 4.69) is 15.3 Å². The monoisotopic (exact) mass is 267 g/mol. The van der Waals surface area contributed by atoms with E-state index in [9.17, 15) is 0 Å². The van der Waals surface area contributed by atoms with Gasteiger partial charge in [-0.05, 0) is 19.2 Å². The molecule has 0 aliphatic heterocycles. The van der Waals surface area contributed by atoms with Gasteiger partial charge >= 0.3 is 0 Å². The van der Waals surface area contributed by atoms with Gasteiger partial charge in [-0.25, -0.2) is 9.97 Å². The Morgan fingerprint density at radius 2 is 2.00 bits per heavy atom. The zero-order chi connectivity index (χ0) is 13.9. The molecule has 1 aromatic carbocycles. The lowest BCUT2D eigenvalue weighted by Crippen LogP contribution is -2.21. The van der Waals surface area contributed by atoms with Gasteiger partial charge in [-0.1, -0.05) is 12.1 Å². The second-order valence-corrected chi connectivity index (χ2v) is 4.78. The van der Waals surface area contributed by atoms with Crippen molar-refractivity contribution in [2.24, 2.45) is 7.05 Å². The van der Waals surface area contributed by atoms with Crippen LogP contribution in [0.2, 0.25) is 0 Å². The Morgan fingerprint density at radius 1 is 1.20 bits per heavy atom. The lowest BCUT2D eigenvalue weighted by atomic mass is 10.1. The number of hydrogen-bond acceptors (Lipinski definition) is 4. The van der Waals surface area contributed by atoms with E-state index in [0.717, 1.165) is 29.0 Å². The maximum absolute atomic E-state index is 4.69. The summed E-state index contributed by atoms with van der Waals surface area (Å²) in [7, 11) is 3.94. The minimum atomic E-state index is 0.105. The molecule has 5 heteroatoms. The fourth-order valence-electron chi connectivity index (χ4n) is 2.27. The summed E-state index contributed by atoms with van der Waals surface area (Å²) in [6, 6.07) is 8.01. The first-order valence-electron chi connectivity index (χ1n) is 6.63. The molecule has 0 radical (unpaired) electrons. The van der Waals surface area contributed by atoms with Gasteiger partial charge in [0.05, 0.1) is 29.0 Å². The number of aromatic nitrogens is 4. The van der Waals surface area contributed by atoms with Crippen molar-refractivity contribution in [1.82, 2.24) is 24.8 Å². The van der Waals surface area contributed by atoms with Crippen LogP contribution in [-0.2, 0) is 13.5 Å². The van der Waals surface area contributed by atoms with Gasteiger partial charge in [-0.2, -0.15) is 0 Å². The summed E-state index contributed by atoms with van der Waals surface area (Å²) in [5.41, 5.74) is 2.78. The van der Waals surface area contributed by atoms with E-state index < -0.39 is 0 Å². The number of benzene rings is 1.